The zero-order chi connectivity index (χ0) is 24.2. The molecule has 0 amide bonds. The number of aryl methyl sites for hydroxylation is 1. The second-order valence-electron chi connectivity index (χ2n) is 9.18. The minimum Gasteiger partial charge on any atom is -0.512 e. The average Bonchev–Trinajstić information content (AvgIpc) is 3.16. The molecule has 2 aromatic heterocycles. The summed E-state index contributed by atoms with van der Waals surface area (Å²) in [5, 5.41) is 9.56. The van der Waals surface area contributed by atoms with Crippen LogP contribution in [0.2, 0.25) is 0 Å². The van der Waals surface area contributed by atoms with Crippen molar-refractivity contribution in [1.29, 1.82) is 0 Å². The van der Waals surface area contributed by atoms with Crippen LogP contribution in [0.25, 0.3) is 31.9 Å². The smallest absolute Gasteiger partial charge is 0.155 e. The fourth-order valence-electron chi connectivity index (χ4n) is 3.39. The summed E-state index contributed by atoms with van der Waals surface area (Å²) in [5.41, 5.74) is 5.91. The van der Waals surface area contributed by atoms with Crippen LogP contribution < -0.4 is 0 Å². The number of rotatable bonds is 3. The largest absolute Gasteiger partial charge is 0.512 e. The van der Waals surface area contributed by atoms with E-state index in [0.29, 0.717) is 0 Å². The van der Waals surface area contributed by atoms with Crippen LogP contribution in [-0.2, 0) is 30.3 Å². The maximum Gasteiger partial charge on any atom is 0.155 e. The van der Waals surface area contributed by atoms with Gasteiger partial charge in [-0.05, 0) is 36.6 Å². The zero-order valence-electron chi connectivity index (χ0n) is 20.4. The molecule has 5 heteroatoms. The Hall–Kier alpha value is -2.59. The van der Waals surface area contributed by atoms with E-state index < -0.39 is 0 Å². The number of carbonyl (C=O) groups is 1. The summed E-state index contributed by atoms with van der Waals surface area (Å²) in [6.45, 7) is 11.7. The van der Waals surface area contributed by atoms with Gasteiger partial charge in [-0.15, -0.1) is 46.2 Å². The number of aliphatic hydroxyl groups is 1. The first-order chi connectivity index (χ1) is 15.5. The molecule has 0 aliphatic rings. The molecule has 0 aliphatic carbocycles. The van der Waals surface area contributed by atoms with Gasteiger partial charge in [-0.25, -0.2) is 0 Å². The van der Waals surface area contributed by atoms with E-state index in [-0.39, 0.29) is 37.1 Å². The van der Waals surface area contributed by atoms with Crippen LogP contribution in [0.4, 0.5) is 0 Å². The van der Waals surface area contributed by atoms with Gasteiger partial charge in [0.15, 0.2) is 5.78 Å². The fourth-order valence-corrected chi connectivity index (χ4v) is 4.43. The third-order valence-corrected chi connectivity index (χ3v) is 6.09. The van der Waals surface area contributed by atoms with E-state index in [4.69, 9.17) is 10.1 Å². The molecule has 3 nitrogen and oxygen atoms in total. The van der Waals surface area contributed by atoms with Crippen molar-refractivity contribution in [1.82, 2.24) is 4.98 Å². The van der Waals surface area contributed by atoms with Crippen molar-refractivity contribution < 1.29 is 30.0 Å². The Labute approximate surface area is 219 Å². The molecular weight excluding hydrogens is 619 g/mol. The molecule has 0 unspecified atom stereocenters. The Balaban J connectivity index is 0.000000449. The molecule has 0 bridgehead atoms. The first kappa shape index (κ1) is 27.7. The van der Waals surface area contributed by atoms with Crippen LogP contribution in [-0.4, -0.2) is 15.9 Å². The Morgan fingerprint density at radius 1 is 1.03 bits per heavy atom. The number of aliphatic hydroxyl groups excluding tert-OH is 1. The Morgan fingerprint density at radius 2 is 1.71 bits per heavy atom. The SMILES string of the molecule is CC(=O)/C=C(/C)O.Cc1[c-]c(-c2ccc3cc(-c4ccccc4)sc3n2)cc(C(C)(C)C)c1.[Ir]. The van der Waals surface area contributed by atoms with Gasteiger partial charge in [-0.2, -0.15) is 0 Å². The second kappa shape index (κ2) is 11.7. The number of benzene rings is 2. The van der Waals surface area contributed by atoms with Gasteiger partial charge in [0.1, 0.15) is 4.83 Å². The van der Waals surface area contributed by atoms with Gasteiger partial charge in [0.2, 0.25) is 0 Å². The van der Waals surface area contributed by atoms with Gasteiger partial charge in [-0.3, -0.25) is 9.78 Å². The van der Waals surface area contributed by atoms with Gasteiger partial charge in [0, 0.05) is 36.4 Å². The van der Waals surface area contributed by atoms with Gasteiger partial charge in [-0.1, -0.05) is 70.2 Å². The van der Waals surface area contributed by atoms with Crippen LogP contribution in [0.3, 0.4) is 0 Å². The summed E-state index contributed by atoms with van der Waals surface area (Å²) < 4.78 is 0. The minimum atomic E-state index is -0.125. The van der Waals surface area contributed by atoms with Gasteiger partial charge in [0.05, 0.1) is 5.76 Å². The van der Waals surface area contributed by atoms with E-state index in [1.165, 1.54) is 41.3 Å². The van der Waals surface area contributed by atoms with Crippen molar-refractivity contribution in [2.24, 2.45) is 0 Å². The third kappa shape index (κ3) is 7.46. The summed E-state index contributed by atoms with van der Waals surface area (Å²) >= 11 is 1.75. The number of ketones is 1. The number of aromatic nitrogens is 1. The number of fused-ring (bicyclic) bond motifs is 1. The molecule has 0 saturated carbocycles. The number of hydrogen-bond acceptors (Lipinski definition) is 4. The van der Waals surface area contributed by atoms with Crippen LogP contribution >= 0.6 is 11.3 Å². The van der Waals surface area contributed by atoms with Crippen molar-refractivity contribution >= 4 is 27.3 Å². The Kier molecular flexibility index (Phi) is 9.52. The maximum atomic E-state index is 10.0. The molecule has 4 rings (SSSR count). The molecule has 0 fully saturated rings. The van der Waals surface area contributed by atoms with Gasteiger partial charge in [0.25, 0.3) is 0 Å². The first-order valence-electron chi connectivity index (χ1n) is 10.9. The van der Waals surface area contributed by atoms with Crippen molar-refractivity contribution in [2.75, 3.05) is 0 Å². The molecule has 2 aromatic carbocycles. The zero-order valence-corrected chi connectivity index (χ0v) is 23.6. The van der Waals surface area contributed by atoms with Crippen molar-refractivity contribution in [2.45, 2.75) is 47.0 Å². The number of thiophene rings is 1. The van der Waals surface area contributed by atoms with E-state index in [1.807, 2.05) is 6.07 Å². The maximum absolute atomic E-state index is 10.0. The summed E-state index contributed by atoms with van der Waals surface area (Å²) in [6.07, 6.45) is 1.17. The summed E-state index contributed by atoms with van der Waals surface area (Å²) in [5.74, 6) is -0.0625. The van der Waals surface area contributed by atoms with Crippen molar-refractivity contribution in [3.8, 4) is 21.7 Å². The molecule has 4 aromatic rings. The van der Waals surface area contributed by atoms with E-state index >= 15 is 0 Å². The molecule has 179 valence electrons. The molecule has 1 radical (unpaired) electrons. The van der Waals surface area contributed by atoms with Crippen LogP contribution in [0.1, 0.15) is 45.7 Å². The van der Waals surface area contributed by atoms with Crippen molar-refractivity contribution in [3.63, 3.8) is 0 Å². The molecular formula is C29H30IrNO2S-. The molecule has 34 heavy (non-hydrogen) atoms. The molecule has 2 heterocycles. The Bertz CT molecular complexity index is 1300. The minimum absolute atomic E-state index is 0. The molecule has 0 atom stereocenters. The summed E-state index contributed by atoms with van der Waals surface area (Å²) in [7, 11) is 0. The van der Waals surface area contributed by atoms with Crippen LogP contribution in [0.5, 0.6) is 0 Å². The summed E-state index contributed by atoms with van der Waals surface area (Å²) in [4.78, 5) is 17.3. The van der Waals surface area contributed by atoms with Gasteiger partial charge < -0.3 is 5.11 Å². The number of hydrogen-bond donors (Lipinski definition) is 1. The number of nitrogens with zero attached hydrogens (tertiary/aromatic N) is 1. The van der Waals surface area contributed by atoms with E-state index in [0.717, 1.165) is 21.7 Å². The van der Waals surface area contributed by atoms with Crippen LogP contribution in [0, 0.1) is 13.0 Å². The Morgan fingerprint density at radius 3 is 2.26 bits per heavy atom. The predicted molar refractivity (Wildman–Crippen MR) is 140 cm³/mol. The van der Waals surface area contributed by atoms with E-state index in [1.54, 1.807) is 11.3 Å². The predicted octanol–water partition coefficient (Wildman–Crippen LogP) is 8.07. The quantitative estimate of drug-likeness (QED) is 0.139. The monoisotopic (exact) mass is 649 g/mol. The topological polar surface area (TPSA) is 50.2 Å². The van der Waals surface area contributed by atoms with Gasteiger partial charge >= 0.3 is 0 Å². The first-order valence-corrected chi connectivity index (χ1v) is 11.7. The second-order valence-corrected chi connectivity index (χ2v) is 10.2. The third-order valence-electron chi connectivity index (χ3n) is 5.00. The van der Waals surface area contributed by atoms with E-state index in [9.17, 15) is 4.79 Å². The molecule has 0 aliphatic heterocycles. The van der Waals surface area contributed by atoms with Crippen molar-refractivity contribution in [3.05, 3.63) is 89.7 Å². The fraction of sp³-hybridized carbons (Fsp3) is 0.241. The number of pyridine rings is 1. The number of carbonyl (C=O) groups excluding carboxylic acids is 1. The summed E-state index contributed by atoms with van der Waals surface area (Å²) in [6, 6.07) is 25.0. The van der Waals surface area contributed by atoms with Crippen LogP contribution in [0.15, 0.2) is 72.5 Å². The average molecular weight is 649 g/mol. The normalized spacial score (nSPS) is 11.4. The van der Waals surface area contributed by atoms with E-state index in [2.05, 4.69) is 88.4 Å². The molecule has 0 saturated heterocycles. The molecule has 0 spiro atoms. The number of allylic oxidation sites excluding steroid dienone is 2. The molecule has 1 N–H and O–H groups in total. The standard InChI is InChI=1S/C24H22NS.C5H8O2.Ir/c1-16-12-19(14-20(13-16)24(2,3)4)21-11-10-18-15-22(26-23(18)25-21)17-8-6-5-7-9-17;1-4(6)3-5(2)7;/h5-11,13-15H,1-4H3;3,6H,1-2H3;/q-1;;/b;4-3-;.